The average Bonchev–Trinajstić information content (AvgIpc) is 3.28. The molecule has 2 atom stereocenters. The van der Waals surface area contributed by atoms with Crippen LogP contribution in [0.5, 0.6) is 11.5 Å². The molecule has 1 aromatic heterocycles. The van der Waals surface area contributed by atoms with Gasteiger partial charge in [0, 0.05) is 12.6 Å². The summed E-state index contributed by atoms with van der Waals surface area (Å²) in [6, 6.07) is 4.56. The van der Waals surface area contributed by atoms with Crippen LogP contribution in [0.15, 0.2) is 27.6 Å². The van der Waals surface area contributed by atoms with Crippen molar-refractivity contribution >= 4 is 10.0 Å². The van der Waals surface area contributed by atoms with Crippen molar-refractivity contribution in [3.8, 4) is 11.5 Å². The number of hydrogen-bond acceptors (Lipinski definition) is 8. The molecule has 1 aromatic carbocycles. The van der Waals surface area contributed by atoms with E-state index >= 15 is 0 Å². The molecular weight excluding hydrogens is 362 g/mol. The summed E-state index contributed by atoms with van der Waals surface area (Å²) in [7, 11) is -3.68. The molecular formula is C16H19N3O6S. The van der Waals surface area contributed by atoms with Crippen molar-refractivity contribution in [2.45, 2.75) is 36.9 Å². The molecule has 0 amide bonds. The van der Waals surface area contributed by atoms with Crippen molar-refractivity contribution in [2.24, 2.45) is 0 Å². The monoisotopic (exact) mass is 381 g/mol. The second-order valence-electron chi connectivity index (χ2n) is 6.16. The molecule has 1 saturated heterocycles. The summed E-state index contributed by atoms with van der Waals surface area (Å²) in [6.45, 7) is 2.76. The molecule has 2 aliphatic rings. The maximum absolute atomic E-state index is 12.5. The first kappa shape index (κ1) is 17.3. The summed E-state index contributed by atoms with van der Waals surface area (Å²) in [5.74, 6) is 1.96. The number of rotatable bonds is 5. The lowest BCUT2D eigenvalue weighted by Gasteiger charge is -2.19. The maximum atomic E-state index is 12.5. The predicted molar refractivity (Wildman–Crippen MR) is 88.5 cm³/mol. The average molecular weight is 381 g/mol. The fraction of sp³-hybridized carbons (Fsp3) is 0.500. The number of aromatic nitrogens is 2. The highest BCUT2D eigenvalue weighted by molar-refractivity contribution is 7.89. The fourth-order valence-corrected chi connectivity index (χ4v) is 4.04. The van der Waals surface area contributed by atoms with Gasteiger partial charge in [0.1, 0.15) is 19.3 Å². The lowest BCUT2D eigenvalue weighted by Crippen LogP contribution is -2.32. The van der Waals surface area contributed by atoms with Gasteiger partial charge in [-0.1, -0.05) is 5.16 Å². The topological polar surface area (TPSA) is 113 Å². The summed E-state index contributed by atoms with van der Waals surface area (Å²) in [6.07, 6.45) is 0.868. The van der Waals surface area contributed by atoms with Crippen LogP contribution < -0.4 is 14.2 Å². The van der Waals surface area contributed by atoms with Gasteiger partial charge in [-0.3, -0.25) is 0 Å². The zero-order valence-electron chi connectivity index (χ0n) is 14.2. The fourth-order valence-electron chi connectivity index (χ4n) is 2.96. The Bertz CT molecular complexity index is 897. The minimum absolute atomic E-state index is 0.129. The first-order valence-electron chi connectivity index (χ1n) is 8.36. The summed E-state index contributed by atoms with van der Waals surface area (Å²) in [5.41, 5.74) is 0. The van der Waals surface area contributed by atoms with E-state index in [1.165, 1.54) is 12.1 Å². The van der Waals surface area contributed by atoms with Gasteiger partial charge in [-0.15, -0.1) is 0 Å². The van der Waals surface area contributed by atoms with Crippen molar-refractivity contribution in [3.63, 3.8) is 0 Å². The Morgan fingerprint density at radius 1 is 1.19 bits per heavy atom. The third-order valence-electron chi connectivity index (χ3n) is 4.25. The van der Waals surface area contributed by atoms with Gasteiger partial charge in [-0.25, -0.2) is 13.1 Å². The number of sulfonamides is 1. The summed E-state index contributed by atoms with van der Waals surface area (Å²) in [5, 5.41) is 3.75. The molecule has 0 saturated carbocycles. The van der Waals surface area contributed by atoms with Crippen LogP contribution in [-0.4, -0.2) is 44.4 Å². The number of ether oxygens (including phenoxy) is 3. The van der Waals surface area contributed by atoms with Crippen LogP contribution in [-0.2, 0) is 14.8 Å². The second kappa shape index (κ2) is 6.86. The lowest BCUT2D eigenvalue weighted by molar-refractivity contribution is 0.0290. The first-order valence-corrected chi connectivity index (χ1v) is 9.84. The minimum atomic E-state index is -3.68. The number of aryl methyl sites for hydroxylation is 1. The highest BCUT2D eigenvalue weighted by Gasteiger charge is 2.31. The van der Waals surface area contributed by atoms with Crippen LogP contribution in [0.2, 0.25) is 0 Å². The summed E-state index contributed by atoms with van der Waals surface area (Å²) < 4.78 is 49.4. The molecule has 9 nitrogen and oxygen atoms in total. The van der Waals surface area contributed by atoms with Gasteiger partial charge in [-0.05, 0) is 31.9 Å². The molecule has 1 fully saturated rings. The van der Waals surface area contributed by atoms with Crippen molar-refractivity contribution < 1.29 is 27.2 Å². The van der Waals surface area contributed by atoms with E-state index in [1.54, 1.807) is 13.0 Å². The van der Waals surface area contributed by atoms with Crippen LogP contribution in [0.25, 0.3) is 0 Å². The van der Waals surface area contributed by atoms with Crippen molar-refractivity contribution in [1.82, 2.24) is 14.9 Å². The highest BCUT2D eigenvalue weighted by Crippen LogP contribution is 2.33. The number of nitrogens with zero attached hydrogens (tertiary/aromatic N) is 2. The van der Waals surface area contributed by atoms with Gasteiger partial charge >= 0.3 is 0 Å². The molecule has 0 aliphatic carbocycles. The lowest BCUT2D eigenvalue weighted by atomic mass is 10.2. The van der Waals surface area contributed by atoms with Crippen molar-refractivity contribution in [3.05, 3.63) is 29.9 Å². The van der Waals surface area contributed by atoms with Gasteiger partial charge in [-0.2, -0.15) is 4.98 Å². The second-order valence-corrected chi connectivity index (χ2v) is 7.93. The zero-order valence-corrected chi connectivity index (χ0v) is 15.0. The SMILES string of the molecule is Cc1noc([C@@H]2CC[C@H](CNS(=O)(=O)c3ccc4c(c3)OCCO4)O2)n1. The molecule has 0 unspecified atom stereocenters. The Labute approximate surface area is 150 Å². The molecule has 3 heterocycles. The standard InChI is InChI=1S/C16H19N3O6S/c1-10-18-16(25-19-10)14-4-2-11(24-14)9-17-26(20,21)12-3-5-13-15(8-12)23-7-6-22-13/h3,5,8,11,14,17H,2,4,6-7,9H2,1H3/t11-,14+/m1/s1. The number of benzene rings is 1. The van der Waals surface area contributed by atoms with Crippen molar-refractivity contribution in [1.29, 1.82) is 0 Å². The Morgan fingerprint density at radius 2 is 2.00 bits per heavy atom. The molecule has 26 heavy (non-hydrogen) atoms. The minimum Gasteiger partial charge on any atom is -0.486 e. The molecule has 2 aromatic rings. The molecule has 2 aliphatic heterocycles. The van der Waals surface area contributed by atoms with Crippen LogP contribution in [0.1, 0.15) is 30.7 Å². The number of hydrogen-bond donors (Lipinski definition) is 1. The van der Waals surface area contributed by atoms with Crippen molar-refractivity contribution in [2.75, 3.05) is 19.8 Å². The Kier molecular flexibility index (Phi) is 4.55. The third-order valence-corrected chi connectivity index (χ3v) is 5.67. The van der Waals surface area contributed by atoms with E-state index in [1.807, 2.05) is 0 Å². The maximum Gasteiger partial charge on any atom is 0.255 e. The first-order chi connectivity index (χ1) is 12.5. The largest absolute Gasteiger partial charge is 0.486 e. The molecule has 10 heteroatoms. The van der Waals surface area contributed by atoms with E-state index in [-0.39, 0.29) is 23.6 Å². The highest BCUT2D eigenvalue weighted by atomic mass is 32.2. The van der Waals surface area contributed by atoms with E-state index in [0.717, 1.165) is 0 Å². The molecule has 4 rings (SSSR count). The smallest absolute Gasteiger partial charge is 0.255 e. The van der Waals surface area contributed by atoms with E-state index in [9.17, 15) is 8.42 Å². The molecule has 0 bridgehead atoms. The van der Waals surface area contributed by atoms with E-state index in [2.05, 4.69) is 14.9 Å². The predicted octanol–water partition coefficient (Wildman–Crippen LogP) is 1.35. The van der Waals surface area contributed by atoms with Crippen LogP contribution in [0.4, 0.5) is 0 Å². The summed E-state index contributed by atoms with van der Waals surface area (Å²) in [4.78, 5) is 4.29. The Morgan fingerprint density at radius 3 is 2.77 bits per heavy atom. The number of fused-ring (bicyclic) bond motifs is 1. The molecule has 1 N–H and O–H groups in total. The quantitative estimate of drug-likeness (QED) is 0.826. The van der Waals surface area contributed by atoms with Gasteiger partial charge in [0.15, 0.2) is 17.3 Å². The molecule has 140 valence electrons. The van der Waals surface area contributed by atoms with E-state index in [4.69, 9.17) is 18.7 Å². The van der Waals surface area contributed by atoms with Gasteiger partial charge in [0.25, 0.3) is 5.89 Å². The van der Waals surface area contributed by atoms with Crippen LogP contribution in [0.3, 0.4) is 0 Å². The van der Waals surface area contributed by atoms with E-state index in [0.29, 0.717) is 49.3 Å². The van der Waals surface area contributed by atoms with Crippen LogP contribution in [0, 0.1) is 6.92 Å². The van der Waals surface area contributed by atoms with Gasteiger partial charge in [0.05, 0.1) is 11.0 Å². The summed E-state index contributed by atoms with van der Waals surface area (Å²) >= 11 is 0. The Hall–Kier alpha value is -2.17. The molecule has 0 radical (unpaired) electrons. The van der Waals surface area contributed by atoms with Gasteiger partial charge in [0.2, 0.25) is 10.0 Å². The normalized spacial score (nSPS) is 22.5. The van der Waals surface area contributed by atoms with Crippen LogP contribution >= 0.6 is 0 Å². The van der Waals surface area contributed by atoms with E-state index < -0.39 is 10.0 Å². The molecule has 0 spiro atoms. The van der Waals surface area contributed by atoms with Gasteiger partial charge < -0.3 is 18.7 Å². The zero-order chi connectivity index (χ0) is 18.1. The Balaban J connectivity index is 1.38. The third kappa shape index (κ3) is 3.53. The number of nitrogens with one attached hydrogen (secondary N) is 1.